The highest BCUT2D eigenvalue weighted by molar-refractivity contribution is 7.80. The van der Waals surface area contributed by atoms with E-state index in [4.69, 9.17) is 33.0 Å². The standard InChI is InChI=1S/C28H26ClN3O2S/c1-17(2)33-21-11-9-20(10-12-21)32-27(26(31-28(32)35)23-6-4-5-15-30-23)25-14-13-24(34-25)19-8-7-18(3)22(29)16-19/h4-17,26-27H,1-3H3,(H,31,35)/t26-,27-/m0/s1. The van der Waals surface area contributed by atoms with Crippen molar-refractivity contribution in [1.29, 1.82) is 0 Å². The molecule has 4 aromatic rings. The number of hydrogen-bond donors (Lipinski definition) is 1. The van der Waals surface area contributed by atoms with Gasteiger partial charge in [-0.1, -0.05) is 29.8 Å². The first-order valence-corrected chi connectivity index (χ1v) is 12.3. The molecular formula is C28H26ClN3O2S. The Balaban J connectivity index is 1.55. The second kappa shape index (κ2) is 9.72. The predicted molar refractivity (Wildman–Crippen MR) is 144 cm³/mol. The van der Waals surface area contributed by atoms with Crippen LogP contribution in [0, 0.1) is 6.92 Å². The quantitative estimate of drug-likeness (QED) is 0.279. The minimum Gasteiger partial charge on any atom is -0.491 e. The normalized spacial score (nSPS) is 17.6. The van der Waals surface area contributed by atoms with E-state index >= 15 is 0 Å². The average molecular weight is 504 g/mol. The number of pyridine rings is 1. The summed E-state index contributed by atoms with van der Waals surface area (Å²) < 4.78 is 12.2. The molecule has 2 atom stereocenters. The van der Waals surface area contributed by atoms with Crippen molar-refractivity contribution < 1.29 is 9.15 Å². The average Bonchev–Trinajstić information content (AvgIpc) is 3.46. The zero-order valence-corrected chi connectivity index (χ0v) is 21.3. The Hall–Kier alpha value is -3.35. The highest BCUT2D eigenvalue weighted by Gasteiger charge is 2.42. The van der Waals surface area contributed by atoms with Crippen LogP contribution in [-0.4, -0.2) is 16.2 Å². The lowest BCUT2D eigenvalue weighted by atomic mass is 10.0. The predicted octanol–water partition coefficient (Wildman–Crippen LogP) is 7.27. The first-order chi connectivity index (χ1) is 16.9. The molecule has 1 saturated heterocycles. The fourth-order valence-corrected chi connectivity index (χ4v) is 4.82. The van der Waals surface area contributed by atoms with Gasteiger partial charge in [0.05, 0.1) is 17.8 Å². The number of halogens is 1. The van der Waals surface area contributed by atoms with E-state index in [0.29, 0.717) is 10.1 Å². The van der Waals surface area contributed by atoms with Crippen molar-refractivity contribution in [3.63, 3.8) is 0 Å². The number of nitrogens with one attached hydrogen (secondary N) is 1. The number of aryl methyl sites for hydroxylation is 1. The van der Waals surface area contributed by atoms with Crippen molar-refractivity contribution in [2.24, 2.45) is 0 Å². The summed E-state index contributed by atoms with van der Waals surface area (Å²) in [6.07, 6.45) is 1.90. The van der Waals surface area contributed by atoms with Gasteiger partial charge in [0.1, 0.15) is 23.3 Å². The second-order valence-electron chi connectivity index (χ2n) is 8.82. The molecule has 5 nitrogen and oxygen atoms in total. The highest BCUT2D eigenvalue weighted by atomic mass is 35.5. The molecule has 1 fully saturated rings. The van der Waals surface area contributed by atoms with Crippen molar-refractivity contribution in [3.8, 4) is 17.1 Å². The second-order valence-corrected chi connectivity index (χ2v) is 9.62. The summed E-state index contributed by atoms with van der Waals surface area (Å²) in [5, 5.41) is 4.78. The third-order valence-electron chi connectivity index (χ3n) is 5.96. The van der Waals surface area contributed by atoms with E-state index in [1.165, 1.54) is 0 Å². The highest BCUT2D eigenvalue weighted by Crippen LogP contribution is 2.43. The lowest BCUT2D eigenvalue weighted by molar-refractivity contribution is 0.242. The van der Waals surface area contributed by atoms with Gasteiger partial charge in [0.2, 0.25) is 0 Å². The lowest BCUT2D eigenvalue weighted by Crippen LogP contribution is -2.29. The Morgan fingerprint density at radius 2 is 1.86 bits per heavy atom. The molecule has 1 aliphatic heterocycles. The van der Waals surface area contributed by atoms with E-state index in [9.17, 15) is 0 Å². The Bertz CT molecular complexity index is 1340. The van der Waals surface area contributed by atoms with E-state index in [1.807, 2.05) is 93.6 Å². The van der Waals surface area contributed by atoms with Gasteiger partial charge < -0.3 is 19.4 Å². The van der Waals surface area contributed by atoms with Gasteiger partial charge in [-0.3, -0.25) is 4.98 Å². The van der Waals surface area contributed by atoms with Gasteiger partial charge in [0.15, 0.2) is 5.11 Å². The molecule has 0 radical (unpaired) electrons. The molecule has 178 valence electrons. The summed E-state index contributed by atoms with van der Waals surface area (Å²) in [6, 6.07) is 23.3. The summed E-state index contributed by atoms with van der Waals surface area (Å²) >= 11 is 12.2. The third-order valence-corrected chi connectivity index (χ3v) is 6.68. The number of furan rings is 1. The van der Waals surface area contributed by atoms with E-state index in [-0.39, 0.29) is 18.2 Å². The van der Waals surface area contributed by atoms with Crippen LogP contribution in [0.3, 0.4) is 0 Å². The fraction of sp³-hybridized carbons (Fsp3) is 0.214. The van der Waals surface area contributed by atoms with Crippen molar-refractivity contribution in [2.45, 2.75) is 39.0 Å². The summed E-state index contributed by atoms with van der Waals surface area (Å²) in [4.78, 5) is 6.69. The van der Waals surface area contributed by atoms with E-state index in [1.54, 1.807) is 6.20 Å². The van der Waals surface area contributed by atoms with Gasteiger partial charge in [-0.2, -0.15) is 0 Å². The Labute approximate surface area is 215 Å². The topological polar surface area (TPSA) is 50.5 Å². The molecule has 0 spiro atoms. The zero-order valence-electron chi connectivity index (χ0n) is 19.7. The number of nitrogens with zero attached hydrogens (tertiary/aromatic N) is 2. The minimum absolute atomic E-state index is 0.105. The molecule has 5 rings (SSSR count). The molecule has 0 bridgehead atoms. The van der Waals surface area contributed by atoms with Gasteiger partial charge in [-0.05, 0) is 93.1 Å². The molecule has 1 N–H and O–H groups in total. The van der Waals surface area contributed by atoms with Crippen LogP contribution in [0.4, 0.5) is 5.69 Å². The number of thiocarbonyl (C=S) groups is 1. The molecule has 0 saturated carbocycles. The maximum absolute atomic E-state index is 6.42. The van der Waals surface area contributed by atoms with Crippen LogP contribution in [0.25, 0.3) is 11.3 Å². The summed E-state index contributed by atoms with van der Waals surface area (Å²) in [7, 11) is 0. The van der Waals surface area contributed by atoms with Crippen LogP contribution < -0.4 is 15.0 Å². The Morgan fingerprint density at radius 1 is 1.06 bits per heavy atom. The Kier molecular flexibility index (Phi) is 6.50. The van der Waals surface area contributed by atoms with Gasteiger partial charge in [-0.15, -0.1) is 0 Å². The van der Waals surface area contributed by atoms with Crippen molar-refractivity contribution in [1.82, 2.24) is 10.3 Å². The van der Waals surface area contributed by atoms with Crippen molar-refractivity contribution >= 4 is 34.6 Å². The zero-order chi connectivity index (χ0) is 24.5. The van der Waals surface area contributed by atoms with Crippen LogP contribution in [0.15, 0.2) is 83.4 Å². The van der Waals surface area contributed by atoms with Gasteiger partial charge in [0.25, 0.3) is 0 Å². The van der Waals surface area contributed by atoms with E-state index in [2.05, 4.69) is 15.2 Å². The van der Waals surface area contributed by atoms with E-state index < -0.39 is 0 Å². The first-order valence-electron chi connectivity index (χ1n) is 11.5. The van der Waals surface area contributed by atoms with Crippen molar-refractivity contribution in [2.75, 3.05) is 4.90 Å². The van der Waals surface area contributed by atoms with Crippen LogP contribution in [0.2, 0.25) is 5.02 Å². The van der Waals surface area contributed by atoms with Gasteiger partial charge >= 0.3 is 0 Å². The SMILES string of the molecule is Cc1ccc(-c2ccc([C@H]3[C@H](c4ccccn4)NC(=S)N3c3ccc(OC(C)C)cc3)o2)cc1Cl. The maximum atomic E-state index is 6.42. The number of benzene rings is 2. The van der Waals surface area contributed by atoms with Gasteiger partial charge in [0, 0.05) is 22.5 Å². The summed E-state index contributed by atoms with van der Waals surface area (Å²) in [5.74, 6) is 2.35. The molecule has 3 heterocycles. The first kappa shape index (κ1) is 23.4. The number of ether oxygens (including phenoxy) is 1. The van der Waals surface area contributed by atoms with Crippen LogP contribution in [-0.2, 0) is 0 Å². The van der Waals surface area contributed by atoms with Crippen LogP contribution >= 0.6 is 23.8 Å². The number of hydrogen-bond acceptors (Lipinski definition) is 4. The molecule has 0 amide bonds. The smallest absolute Gasteiger partial charge is 0.174 e. The monoisotopic (exact) mass is 503 g/mol. The van der Waals surface area contributed by atoms with Crippen LogP contribution in [0.5, 0.6) is 5.75 Å². The molecule has 7 heteroatoms. The lowest BCUT2D eigenvalue weighted by Gasteiger charge is -2.26. The largest absolute Gasteiger partial charge is 0.491 e. The number of aromatic nitrogens is 1. The molecule has 2 aromatic heterocycles. The maximum Gasteiger partial charge on any atom is 0.174 e. The number of anilines is 1. The van der Waals surface area contributed by atoms with E-state index in [0.717, 1.165) is 39.8 Å². The molecule has 0 unspecified atom stereocenters. The van der Waals surface area contributed by atoms with Crippen molar-refractivity contribution in [3.05, 3.63) is 101 Å². The molecule has 2 aromatic carbocycles. The third kappa shape index (κ3) is 4.77. The summed E-state index contributed by atoms with van der Waals surface area (Å²) in [5.41, 5.74) is 3.78. The minimum atomic E-state index is -0.232. The Morgan fingerprint density at radius 3 is 2.54 bits per heavy atom. The molecule has 0 aliphatic carbocycles. The van der Waals surface area contributed by atoms with Gasteiger partial charge in [-0.25, -0.2) is 0 Å². The fourth-order valence-electron chi connectivity index (χ4n) is 4.29. The molecule has 35 heavy (non-hydrogen) atoms. The number of rotatable bonds is 6. The molecule has 1 aliphatic rings. The molecular weight excluding hydrogens is 478 g/mol. The van der Waals surface area contributed by atoms with Crippen LogP contribution in [0.1, 0.15) is 42.9 Å². The summed E-state index contributed by atoms with van der Waals surface area (Å²) in [6.45, 7) is 6.00.